The molecule has 0 aliphatic carbocycles. The van der Waals surface area contributed by atoms with Crippen LogP contribution >= 0.6 is 0 Å². The maximum Gasteiger partial charge on any atom is 0.0918 e. The summed E-state index contributed by atoms with van der Waals surface area (Å²) in [5.74, 6) is 0. The monoisotopic (exact) mass is 194 g/mol. The molecule has 0 aliphatic heterocycles. The van der Waals surface area contributed by atoms with Crippen LogP contribution in [0.5, 0.6) is 0 Å². The standard InChI is InChI=1S/C12H18O2/c1-2-8-12(14,9-10-13)11-6-4-3-5-7-11/h3-7,13-14H,2,8-10H2,1H3. The Bertz CT molecular complexity index is 250. The van der Waals surface area contributed by atoms with Crippen LogP contribution in [0.4, 0.5) is 0 Å². The van der Waals surface area contributed by atoms with E-state index in [1.54, 1.807) is 0 Å². The Morgan fingerprint density at radius 1 is 1.14 bits per heavy atom. The van der Waals surface area contributed by atoms with E-state index >= 15 is 0 Å². The summed E-state index contributed by atoms with van der Waals surface area (Å²) in [6, 6.07) is 9.56. The molecular formula is C12H18O2. The summed E-state index contributed by atoms with van der Waals surface area (Å²) in [7, 11) is 0. The van der Waals surface area contributed by atoms with E-state index in [0.717, 1.165) is 12.0 Å². The lowest BCUT2D eigenvalue weighted by molar-refractivity contribution is 0.00271. The normalized spacial score (nSPS) is 15.1. The molecule has 0 heterocycles. The summed E-state index contributed by atoms with van der Waals surface area (Å²) in [5, 5.41) is 19.3. The Kier molecular flexibility index (Phi) is 4.11. The minimum absolute atomic E-state index is 0.0192. The van der Waals surface area contributed by atoms with Gasteiger partial charge in [-0.05, 0) is 12.0 Å². The lowest BCUT2D eigenvalue weighted by Gasteiger charge is -2.27. The van der Waals surface area contributed by atoms with Gasteiger partial charge in [0.05, 0.1) is 5.60 Å². The maximum absolute atomic E-state index is 10.3. The Morgan fingerprint density at radius 3 is 2.29 bits per heavy atom. The molecule has 0 saturated carbocycles. The first kappa shape index (κ1) is 11.2. The number of hydrogen-bond donors (Lipinski definition) is 2. The third-order valence-corrected chi connectivity index (χ3v) is 2.50. The van der Waals surface area contributed by atoms with Crippen LogP contribution in [0.25, 0.3) is 0 Å². The maximum atomic E-state index is 10.3. The minimum Gasteiger partial charge on any atom is -0.396 e. The largest absolute Gasteiger partial charge is 0.396 e. The second-order valence-electron chi connectivity index (χ2n) is 3.62. The molecule has 0 radical (unpaired) electrons. The third kappa shape index (κ3) is 2.56. The van der Waals surface area contributed by atoms with Crippen LogP contribution in [-0.2, 0) is 5.60 Å². The van der Waals surface area contributed by atoms with Crippen molar-refractivity contribution in [1.29, 1.82) is 0 Å². The Hall–Kier alpha value is -0.860. The molecule has 1 atom stereocenters. The van der Waals surface area contributed by atoms with Crippen LogP contribution in [0.3, 0.4) is 0 Å². The highest BCUT2D eigenvalue weighted by molar-refractivity contribution is 5.22. The van der Waals surface area contributed by atoms with E-state index in [2.05, 4.69) is 0 Å². The topological polar surface area (TPSA) is 40.5 Å². The van der Waals surface area contributed by atoms with Crippen molar-refractivity contribution in [3.8, 4) is 0 Å². The average molecular weight is 194 g/mol. The molecule has 2 N–H and O–H groups in total. The summed E-state index contributed by atoms with van der Waals surface area (Å²) in [6.45, 7) is 2.05. The van der Waals surface area contributed by atoms with Crippen molar-refractivity contribution in [3.63, 3.8) is 0 Å². The summed E-state index contributed by atoms with van der Waals surface area (Å²) >= 11 is 0. The molecule has 0 aliphatic rings. The first-order chi connectivity index (χ1) is 6.73. The summed E-state index contributed by atoms with van der Waals surface area (Å²) in [5.41, 5.74) is 0.0426. The van der Waals surface area contributed by atoms with Crippen molar-refractivity contribution in [2.45, 2.75) is 31.8 Å². The van der Waals surface area contributed by atoms with Crippen LogP contribution in [0.1, 0.15) is 31.7 Å². The fourth-order valence-electron chi connectivity index (χ4n) is 1.76. The molecule has 0 fully saturated rings. The Balaban J connectivity index is 2.87. The van der Waals surface area contributed by atoms with E-state index < -0.39 is 5.60 Å². The van der Waals surface area contributed by atoms with Crippen LogP contribution in [0.15, 0.2) is 30.3 Å². The minimum atomic E-state index is -0.856. The van der Waals surface area contributed by atoms with Crippen LogP contribution in [0, 0.1) is 0 Å². The molecule has 78 valence electrons. The number of hydrogen-bond acceptors (Lipinski definition) is 2. The molecule has 0 amide bonds. The van der Waals surface area contributed by atoms with Crippen LogP contribution in [0.2, 0.25) is 0 Å². The van der Waals surface area contributed by atoms with Gasteiger partial charge >= 0.3 is 0 Å². The van der Waals surface area contributed by atoms with Crippen molar-refractivity contribution in [3.05, 3.63) is 35.9 Å². The molecule has 2 nitrogen and oxygen atoms in total. The SMILES string of the molecule is CCCC(O)(CCO)c1ccccc1. The van der Waals surface area contributed by atoms with Gasteiger partial charge in [-0.2, -0.15) is 0 Å². The molecule has 0 aromatic heterocycles. The van der Waals surface area contributed by atoms with Crippen LogP contribution < -0.4 is 0 Å². The van der Waals surface area contributed by atoms with Crippen molar-refractivity contribution in [2.24, 2.45) is 0 Å². The van der Waals surface area contributed by atoms with Gasteiger partial charge in [-0.15, -0.1) is 0 Å². The van der Waals surface area contributed by atoms with Crippen molar-refractivity contribution >= 4 is 0 Å². The molecule has 1 rings (SSSR count). The second kappa shape index (κ2) is 5.13. The zero-order valence-electron chi connectivity index (χ0n) is 8.61. The average Bonchev–Trinajstić information content (AvgIpc) is 2.20. The van der Waals surface area contributed by atoms with E-state index in [4.69, 9.17) is 5.11 Å². The Labute approximate surface area is 85.2 Å². The summed E-state index contributed by atoms with van der Waals surface area (Å²) in [4.78, 5) is 0. The second-order valence-corrected chi connectivity index (χ2v) is 3.62. The zero-order valence-corrected chi connectivity index (χ0v) is 8.61. The molecule has 1 aromatic carbocycles. The number of aliphatic hydroxyl groups excluding tert-OH is 1. The molecule has 1 unspecified atom stereocenters. The van der Waals surface area contributed by atoms with Gasteiger partial charge in [0.2, 0.25) is 0 Å². The Morgan fingerprint density at radius 2 is 1.79 bits per heavy atom. The van der Waals surface area contributed by atoms with E-state index in [0.29, 0.717) is 12.8 Å². The lowest BCUT2D eigenvalue weighted by Crippen LogP contribution is -2.26. The van der Waals surface area contributed by atoms with Gasteiger partial charge in [0, 0.05) is 13.0 Å². The fourth-order valence-corrected chi connectivity index (χ4v) is 1.76. The fraction of sp³-hybridized carbons (Fsp3) is 0.500. The predicted molar refractivity (Wildman–Crippen MR) is 56.9 cm³/mol. The predicted octanol–water partition coefficient (Wildman–Crippen LogP) is 2.06. The molecule has 1 aromatic rings. The highest BCUT2D eigenvalue weighted by atomic mass is 16.3. The number of rotatable bonds is 5. The van der Waals surface area contributed by atoms with E-state index in [9.17, 15) is 5.11 Å². The van der Waals surface area contributed by atoms with E-state index in [1.807, 2.05) is 37.3 Å². The van der Waals surface area contributed by atoms with E-state index in [-0.39, 0.29) is 6.61 Å². The molecule has 0 saturated heterocycles. The van der Waals surface area contributed by atoms with Gasteiger partial charge in [0.25, 0.3) is 0 Å². The molecule has 0 bridgehead atoms. The van der Waals surface area contributed by atoms with Crippen molar-refractivity contribution in [1.82, 2.24) is 0 Å². The summed E-state index contributed by atoms with van der Waals surface area (Å²) in [6.07, 6.45) is 2.01. The van der Waals surface area contributed by atoms with Crippen molar-refractivity contribution in [2.75, 3.05) is 6.61 Å². The van der Waals surface area contributed by atoms with E-state index in [1.165, 1.54) is 0 Å². The molecule has 2 heteroatoms. The lowest BCUT2D eigenvalue weighted by atomic mass is 9.87. The first-order valence-electron chi connectivity index (χ1n) is 5.11. The molecule has 14 heavy (non-hydrogen) atoms. The van der Waals surface area contributed by atoms with Gasteiger partial charge in [0.1, 0.15) is 0 Å². The zero-order chi connectivity index (χ0) is 10.4. The smallest absolute Gasteiger partial charge is 0.0918 e. The molecular weight excluding hydrogens is 176 g/mol. The first-order valence-corrected chi connectivity index (χ1v) is 5.11. The van der Waals surface area contributed by atoms with Gasteiger partial charge < -0.3 is 10.2 Å². The highest BCUT2D eigenvalue weighted by Crippen LogP contribution is 2.29. The van der Waals surface area contributed by atoms with Crippen LogP contribution in [-0.4, -0.2) is 16.8 Å². The number of benzene rings is 1. The quantitative estimate of drug-likeness (QED) is 0.753. The summed E-state index contributed by atoms with van der Waals surface area (Å²) < 4.78 is 0. The van der Waals surface area contributed by atoms with Gasteiger partial charge in [-0.25, -0.2) is 0 Å². The van der Waals surface area contributed by atoms with Crippen molar-refractivity contribution < 1.29 is 10.2 Å². The molecule has 0 spiro atoms. The van der Waals surface area contributed by atoms with Gasteiger partial charge in [-0.1, -0.05) is 43.7 Å². The van der Waals surface area contributed by atoms with Gasteiger partial charge in [-0.3, -0.25) is 0 Å². The third-order valence-electron chi connectivity index (χ3n) is 2.50. The van der Waals surface area contributed by atoms with Gasteiger partial charge in [0.15, 0.2) is 0 Å². The number of aliphatic hydroxyl groups is 2. The highest BCUT2D eigenvalue weighted by Gasteiger charge is 2.26.